The second kappa shape index (κ2) is 8.61. The van der Waals surface area contributed by atoms with Crippen molar-refractivity contribution >= 4 is 18.4 Å². The van der Waals surface area contributed by atoms with Crippen LogP contribution in [-0.4, -0.2) is 26.8 Å². The van der Waals surface area contributed by atoms with Crippen LogP contribution in [0.1, 0.15) is 24.9 Å². The van der Waals surface area contributed by atoms with E-state index in [4.69, 9.17) is 19.9 Å². The Morgan fingerprint density at radius 3 is 2.53 bits per heavy atom. The molecule has 0 saturated carbocycles. The fourth-order valence-electron chi connectivity index (χ4n) is 1.63. The Bertz CT molecular complexity index is 412. The summed E-state index contributed by atoms with van der Waals surface area (Å²) in [5, 5.41) is 0. The van der Waals surface area contributed by atoms with Crippen molar-refractivity contribution in [1.29, 1.82) is 0 Å². The number of methoxy groups -OCH3 is 2. The maximum absolute atomic E-state index is 11.4. The van der Waals surface area contributed by atoms with E-state index in [9.17, 15) is 4.79 Å². The number of halogens is 1. The lowest BCUT2D eigenvalue weighted by Crippen LogP contribution is -2.18. The van der Waals surface area contributed by atoms with Crippen molar-refractivity contribution in [3.63, 3.8) is 0 Å². The number of hydrogen-bond donors (Lipinski definition) is 1. The van der Waals surface area contributed by atoms with Crippen LogP contribution in [0.2, 0.25) is 0 Å². The van der Waals surface area contributed by atoms with Crippen molar-refractivity contribution in [1.82, 2.24) is 0 Å². The van der Waals surface area contributed by atoms with Crippen LogP contribution < -0.4 is 15.2 Å². The average Bonchev–Trinajstić information content (AvgIpc) is 2.38. The van der Waals surface area contributed by atoms with E-state index in [1.54, 1.807) is 39.3 Å². The van der Waals surface area contributed by atoms with E-state index in [0.29, 0.717) is 18.1 Å². The summed E-state index contributed by atoms with van der Waals surface area (Å²) >= 11 is 0. The van der Waals surface area contributed by atoms with Crippen molar-refractivity contribution in [2.75, 3.05) is 20.8 Å². The minimum Gasteiger partial charge on any atom is -0.497 e. The Labute approximate surface area is 119 Å². The number of carbonyl (C=O) groups excluding carboxylic acids is 1. The van der Waals surface area contributed by atoms with Crippen molar-refractivity contribution in [2.24, 2.45) is 5.73 Å². The fraction of sp³-hybridized carbons (Fsp3) is 0.462. The zero-order chi connectivity index (χ0) is 13.5. The Hall–Kier alpha value is -1.46. The molecule has 0 amide bonds. The molecule has 0 aliphatic heterocycles. The standard InChI is InChI=1S/C13H19NO4.ClH/c1-4-18-13(15)8-11(14)10-6-5-9(16-2)7-12(10)17-3;/h5-7,11H,4,8,14H2,1-3H3;1H/t11-;/m1./s1. The van der Waals surface area contributed by atoms with Gasteiger partial charge in [-0.2, -0.15) is 0 Å². The SMILES string of the molecule is CCOC(=O)C[C@@H](N)c1ccc(OC)cc1OC.Cl. The monoisotopic (exact) mass is 289 g/mol. The molecule has 108 valence electrons. The summed E-state index contributed by atoms with van der Waals surface area (Å²) in [4.78, 5) is 11.4. The van der Waals surface area contributed by atoms with Crippen molar-refractivity contribution in [3.05, 3.63) is 23.8 Å². The maximum Gasteiger partial charge on any atom is 0.307 e. The van der Waals surface area contributed by atoms with Gasteiger partial charge in [0.25, 0.3) is 0 Å². The lowest BCUT2D eigenvalue weighted by atomic mass is 10.0. The van der Waals surface area contributed by atoms with Crippen LogP contribution in [0.3, 0.4) is 0 Å². The lowest BCUT2D eigenvalue weighted by molar-refractivity contribution is -0.143. The number of nitrogens with two attached hydrogens (primary N) is 1. The topological polar surface area (TPSA) is 70.8 Å². The normalized spacial score (nSPS) is 11.2. The molecular formula is C13H20ClNO4. The highest BCUT2D eigenvalue weighted by Gasteiger charge is 2.17. The summed E-state index contributed by atoms with van der Waals surface area (Å²) in [6.45, 7) is 2.11. The number of rotatable bonds is 6. The quantitative estimate of drug-likeness (QED) is 0.812. The first-order valence-electron chi connectivity index (χ1n) is 5.75. The highest BCUT2D eigenvalue weighted by molar-refractivity contribution is 5.85. The van der Waals surface area contributed by atoms with Gasteiger partial charge in [-0.05, 0) is 13.0 Å². The van der Waals surface area contributed by atoms with Gasteiger partial charge in [0.05, 0.1) is 27.2 Å². The van der Waals surface area contributed by atoms with Crippen LogP contribution in [0.4, 0.5) is 0 Å². The Kier molecular flexibility index (Phi) is 7.95. The number of benzene rings is 1. The van der Waals surface area contributed by atoms with Crippen LogP contribution in [-0.2, 0) is 9.53 Å². The summed E-state index contributed by atoms with van der Waals surface area (Å²) in [5.74, 6) is 0.966. The van der Waals surface area contributed by atoms with Gasteiger partial charge in [-0.15, -0.1) is 12.4 Å². The zero-order valence-electron chi connectivity index (χ0n) is 11.3. The third-order valence-corrected chi connectivity index (χ3v) is 2.53. The van der Waals surface area contributed by atoms with E-state index in [0.717, 1.165) is 5.56 Å². The molecular weight excluding hydrogens is 270 g/mol. The molecule has 1 atom stereocenters. The van der Waals surface area contributed by atoms with Gasteiger partial charge in [0.1, 0.15) is 11.5 Å². The van der Waals surface area contributed by atoms with E-state index in [-0.39, 0.29) is 24.8 Å². The van der Waals surface area contributed by atoms with Gasteiger partial charge in [0, 0.05) is 17.7 Å². The molecule has 6 heteroatoms. The highest BCUT2D eigenvalue weighted by atomic mass is 35.5. The second-order valence-corrected chi connectivity index (χ2v) is 3.72. The number of carbonyl (C=O) groups is 1. The van der Waals surface area contributed by atoms with E-state index < -0.39 is 6.04 Å². The van der Waals surface area contributed by atoms with Gasteiger partial charge in [-0.25, -0.2) is 0 Å². The first-order chi connectivity index (χ1) is 8.62. The lowest BCUT2D eigenvalue weighted by Gasteiger charge is -2.15. The van der Waals surface area contributed by atoms with Crippen molar-refractivity contribution < 1.29 is 19.0 Å². The summed E-state index contributed by atoms with van der Waals surface area (Å²) in [5.41, 5.74) is 6.73. The van der Waals surface area contributed by atoms with Gasteiger partial charge in [-0.3, -0.25) is 4.79 Å². The van der Waals surface area contributed by atoms with Gasteiger partial charge in [0.15, 0.2) is 0 Å². The van der Waals surface area contributed by atoms with E-state index in [1.807, 2.05) is 0 Å². The molecule has 0 aliphatic rings. The molecule has 0 bridgehead atoms. The smallest absolute Gasteiger partial charge is 0.307 e. The van der Waals surface area contributed by atoms with Gasteiger partial charge >= 0.3 is 5.97 Å². The van der Waals surface area contributed by atoms with Gasteiger partial charge in [-0.1, -0.05) is 6.07 Å². The molecule has 0 heterocycles. The third kappa shape index (κ3) is 4.96. The first-order valence-corrected chi connectivity index (χ1v) is 5.75. The van der Waals surface area contributed by atoms with E-state index >= 15 is 0 Å². The van der Waals surface area contributed by atoms with Crippen molar-refractivity contribution in [2.45, 2.75) is 19.4 Å². The third-order valence-electron chi connectivity index (χ3n) is 2.53. The summed E-state index contributed by atoms with van der Waals surface area (Å²) in [6.07, 6.45) is 0.122. The summed E-state index contributed by atoms with van der Waals surface area (Å²) in [7, 11) is 3.13. The fourth-order valence-corrected chi connectivity index (χ4v) is 1.63. The summed E-state index contributed by atoms with van der Waals surface area (Å²) < 4.78 is 15.2. The van der Waals surface area contributed by atoms with Gasteiger partial charge in [0.2, 0.25) is 0 Å². The first kappa shape index (κ1) is 17.5. The number of esters is 1. The predicted octanol–water partition coefficient (Wildman–Crippen LogP) is 2.08. The molecule has 0 spiro atoms. The van der Waals surface area contributed by atoms with Crippen LogP contribution in [0, 0.1) is 0 Å². The minimum absolute atomic E-state index is 0. The molecule has 0 radical (unpaired) electrons. The van der Waals surface area contributed by atoms with E-state index in [1.165, 1.54) is 0 Å². The van der Waals surface area contributed by atoms with Crippen molar-refractivity contribution in [3.8, 4) is 11.5 Å². The molecule has 1 aromatic carbocycles. The summed E-state index contributed by atoms with van der Waals surface area (Å²) in [6, 6.07) is 4.86. The molecule has 5 nitrogen and oxygen atoms in total. The zero-order valence-corrected chi connectivity index (χ0v) is 12.2. The molecule has 2 N–H and O–H groups in total. The molecule has 0 saturated heterocycles. The Morgan fingerprint density at radius 1 is 1.32 bits per heavy atom. The van der Waals surface area contributed by atoms with Crippen LogP contribution in [0.5, 0.6) is 11.5 Å². The van der Waals surface area contributed by atoms with Crippen LogP contribution >= 0.6 is 12.4 Å². The number of hydrogen-bond acceptors (Lipinski definition) is 5. The largest absolute Gasteiger partial charge is 0.497 e. The number of ether oxygens (including phenoxy) is 3. The minimum atomic E-state index is -0.454. The Balaban J connectivity index is 0.00000324. The molecule has 0 fully saturated rings. The molecule has 1 rings (SSSR count). The van der Waals surface area contributed by atoms with Gasteiger partial charge < -0.3 is 19.9 Å². The molecule has 19 heavy (non-hydrogen) atoms. The molecule has 1 aromatic rings. The average molecular weight is 290 g/mol. The predicted molar refractivity (Wildman–Crippen MR) is 75.0 cm³/mol. The Morgan fingerprint density at radius 2 is 2.00 bits per heavy atom. The molecule has 0 unspecified atom stereocenters. The highest BCUT2D eigenvalue weighted by Crippen LogP contribution is 2.29. The second-order valence-electron chi connectivity index (χ2n) is 3.72. The maximum atomic E-state index is 11.4. The van der Waals surface area contributed by atoms with Crippen LogP contribution in [0.25, 0.3) is 0 Å². The van der Waals surface area contributed by atoms with Crippen LogP contribution in [0.15, 0.2) is 18.2 Å². The molecule has 0 aromatic heterocycles. The molecule has 0 aliphatic carbocycles. The van der Waals surface area contributed by atoms with E-state index in [2.05, 4.69) is 0 Å².